The highest BCUT2D eigenvalue weighted by atomic mass is 127. The minimum absolute atomic E-state index is 0. The van der Waals surface area contributed by atoms with Crippen molar-refractivity contribution in [2.24, 2.45) is 16.3 Å². The maximum atomic E-state index is 6.10. The molecule has 1 fully saturated rings. The van der Waals surface area contributed by atoms with E-state index in [0.29, 0.717) is 0 Å². The first kappa shape index (κ1) is 23.5. The molecule has 1 aromatic carbocycles. The summed E-state index contributed by atoms with van der Waals surface area (Å²) in [7, 11) is 4.04. The van der Waals surface area contributed by atoms with Crippen molar-refractivity contribution < 1.29 is 0 Å². The molecule has 26 heavy (non-hydrogen) atoms. The maximum absolute atomic E-state index is 6.10. The first-order valence-corrected chi connectivity index (χ1v) is 9.63. The quantitative estimate of drug-likeness (QED) is 0.358. The minimum atomic E-state index is 0. The summed E-state index contributed by atoms with van der Waals surface area (Å²) in [5.41, 5.74) is 1.39. The summed E-state index contributed by atoms with van der Waals surface area (Å²) in [5.74, 6) is 1.65. The molecule has 0 atom stereocenters. The Morgan fingerprint density at radius 2 is 1.96 bits per heavy atom. The van der Waals surface area contributed by atoms with Gasteiger partial charge in [0, 0.05) is 25.2 Å². The Bertz CT molecular complexity index is 569. The van der Waals surface area contributed by atoms with Crippen molar-refractivity contribution in [3.63, 3.8) is 0 Å². The van der Waals surface area contributed by atoms with E-state index in [-0.39, 0.29) is 29.4 Å². The molecule has 4 nitrogen and oxygen atoms in total. The molecule has 0 aromatic heterocycles. The van der Waals surface area contributed by atoms with Crippen LogP contribution in [0.15, 0.2) is 29.3 Å². The summed E-state index contributed by atoms with van der Waals surface area (Å²) in [6.45, 7) is 8.81. The van der Waals surface area contributed by atoms with Crippen LogP contribution >= 0.6 is 35.6 Å². The monoisotopic (exact) mass is 492 g/mol. The predicted octanol–water partition coefficient (Wildman–Crippen LogP) is 4.03. The first-order valence-electron chi connectivity index (χ1n) is 9.25. The van der Waals surface area contributed by atoms with Crippen molar-refractivity contribution in [3.05, 3.63) is 34.9 Å². The second kappa shape index (κ2) is 11.3. The maximum Gasteiger partial charge on any atom is 0.191 e. The van der Waals surface area contributed by atoms with Gasteiger partial charge in [-0.2, -0.15) is 0 Å². The van der Waals surface area contributed by atoms with Crippen LogP contribution in [0.1, 0.15) is 32.3 Å². The molecule has 0 aliphatic carbocycles. The zero-order valence-electron chi connectivity index (χ0n) is 16.5. The van der Waals surface area contributed by atoms with Crippen LogP contribution in [0, 0.1) is 11.3 Å². The molecule has 2 rings (SSSR count). The fourth-order valence-electron chi connectivity index (χ4n) is 3.31. The van der Waals surface area contributed by atoms with Crippen LogP contribution < -0.4 is 10.6 Å². The Morgan fingerprint density at radius 3 is 2.58 bits per heavy atom. The average Bonchev–Trinajstić information content (AvgIpc) is 2.56. The van der Waals surface area contributed by atoms with Gasteiger partial charge in [0.05, 0.1) is 0 Å². The zero-order chi connectivity index (χ0) is 18.3. The topological polar surface area (TPSA) is 39.7 Å². The number of likely N-dealkylation sites (tertiary alicyclic amines) is 1. The van der Waals surface area contributed by atoms with Gasteiger partial charge in [-0.05, 0) is 68.4 Å². The van der Waals surface area contributed by atoms with E-state index in [9.17, 15) is 0 Å². The number of nitrogens with zero attached hydrogens (tertiary/aromatic N) is 2. The molecule has 0 amide bonds. The Balaban J connectivity index is 0.00000338. The summed E-state index contributed by atoms with van der Waals surface area (Å²) in [5, 5.41) is 7.79. The third-order valence-electron chi connectivity index (χ3n) is 4.93. The van der Waals surface area contributed by atoms with E-state index in [2.05, 4.69) is 53.6 Å². The van der Waals surface area contributed by atoms with Crippen LogP contribution in [-0.2, 0) is 6.42 Å². The molecule has 1 heterocycles. The van der Waals surface area contributed by atoms with E-state index >= 15 is 0 Å². The van der Waals surface area contributed by atoms with Gasteiger partial charge in [0.15, 0.2) is 5.96 Å². The Labute approximate surface area is 181 Å². The smallest absolute Gasteiger partial charge is 0.191 e. The number of benzene rings is 1. The SMILES string of the molecule is CN=C(NCC1CCN(C)CC1)NCC(C)(C)Cc1cccc(Cl)c1.I. The second-order valence-electron chi connectivity index (χ2n) is 8.02. The molecule has 1 saturated heterocycles. The first-order chi connectivity index (χ1) is 11.9. The third kappa shape index (κ3) is 8.44. The van der Waals surface area contributed by atoms with Gasteiger partial charge >= 0.3 is 0 Å². The Morgan fingerprint density at radius 1 is 1.27 bits per heavy atom. The number of hydrogen-bond acceptors (Lipinski definition) is 2. The highest BCUT2D eigenvalue weighted by molar-refractivity contribution is 14.0. The number of nitrogens with one attached hydrogen (secondary N) is 2. The summed E-state index contributed by atoms with van der Waals surface area (Å²) >= 11 is 6.10. The molecule has 148 valence electrons. The van der Waals surface area contributed by atoms with Gasteiger partial charge in [-0.15, -0.1) is 24.0 Å². The van der Waals surface area contributed by atoms with Gasteiger partial charge in [-0.25, -0.2) is 0 Å². The summed E-state index contributed by atoms with van der Waals surface area (Å²) in [6, 6.07) is 8.13. The van der Waals surface area contributed by atoms with Crippen molar-refractivity contribution in [2.75, 3.05) is 40.3 Å². The van der Waals surface area contributed by atoms with Crippen LogP contribution in [0.3, 0.4) is 0 Å². The molecule has 0 bridgehead atoms. The van der Waals surface area contributed by atoms with E-state index in [1.54, 1.807) is 0 Å². The van der Waals surface area contributed by atoms with Crippen LogP contribution in [0.4, 0.5) is 0 Å². The highest BCUT2D eigenvalue weighted by Crippen LogP contribution is 2.22. The number of halogens is 2. The minimum Gasteiger partial charge on any atom is -0.356 e. The summed E-state index contributed by atoms with van der Waals surface area (Å²) < 4.78 is 0. The molecule has 2 N–H and O–H groups in total. The molecular formula is C20H34ClIN4. The van der Waals surface area contributed by atoms with Gasteiger partial charge in [0.25, 0.3) is 0 Å². The summed E-state index contributed by atoms with van der Waals surface area (Å²) in [6.07, 6.45) is 3.51. The van der Waals surface area contributed by atoms with Gasteiger partial charge < -0.3 is 15.5 Å². The average molecular weight is 493 g/mol. The van der Waals surface area contributed by atoms with E-state index in [4.69, 9.17) is 11.6 Å². The normalized spacial score (nSPS) is 16.9. The fourth-order valence-corrected chi connectivity index (χ4v) is 3.53. The lowest BCUT2D eigenvalue weighted by molar-refractivity contribution is 0.220. The molecule has 0 radical (unpaired) electrons. The van der Waals surface area contributed by atoms with Crippen LogP contribution in [0.25, 0.3) is 0 Å². The lowest BCUT2D eigenvalue weighted by atomic mass is 9.86. The highest BCUT2D eigenvalue weighted by Gasteiger charge is 2.20. The largest absolute Gasteiger partial charge is 0.356 e. The van der Waals surface area contributed by atoms with Crippen LogP contribution in [0.5, 0.6) is 0 Å². The van der Waals surface area contributed by atoms with E-state index in [1.807, 2.05) is 19.2 Å². The number of aliphatic imine (C=N–C) groups is 1. The summed E-state index contributed by atoms with van der Waals surface area (Å²) in [4.78, 5) is 6.78. The standard InChI is InChI=1S/C20H33ClN4.HI/c1-20(2,13-17-6-5-7-18(21)12-17)15-24-19(22-3)23-14-16-8-10-25(4)11-9-16;/h5-7,12,16H,8-11,13-15H2,1-4H3,(H2,22,23,24);1H. The fraction of sp³-hybridized carbons (Fsp3) is 0.650. The van der Waals surface area contributed by atoms with Gasteiger partial charge in [-0.1, -0.05) is 37.6 Å². The number of hydrogen-bond donors (Lipinski definition) is 2. The molecule has 6 heteroatoms. The molecule has 1 aliphatic heterocycles. The number of rotatable bonds is 6. The molecule has 0 saturated carbocycles. The van der Waals surface area contributed by atoms with Gasteiger partial charge in [0.2, 0.25) is 0 Å². The van der Waals surface area contributed by atoms with E-state index in [0.717, 1.165) is 36.4 Å². The van der Waals surface area contributed by atoms with E-state index in [1.165, 1.54) is 31.5 Å². The lowest BCUT2D eigenvalue weighted by Crippen LogP contribution is -2.45. The van der Waals surface area contributed by atoms with Crippen LogP contribution in [0.2, 0.25) is 5.02 Å². The van der Waals surface area contributed by atoms with E-state index < -0.39 is 0 Å². The van der Waals surface area contributed by atoms with Crippen molar-refractivity contribution >= 4 is 41.5 Å². The lowest BCUT2D eigenvalue weighted by Gasteiger charge is -2.30. The Hall–Kier alpha value is -0.530. The third-order valence-corrected chi connectivity index (χ3v) is 5.16. The molecular weight excluding hydrogens is 459 g/mol. The number of piperidine rings is 1. The zero-order valence-corrected chi connectivity index (χ0v) is 19.6. The predicted molar refractivity (Wildman–Crippen MR) is 124 cm³/mol. The van der Waals surface area contributed by atoms with Gasteiger partial charge in [0.1, 0.15) is 0 Å². The molecule has 1 aliphatic rings. The van der Waals surface area contributed by atoms with Crippen molar-refractivity contribution in [1.82, 2.24) is 15.5 Å². The van der Waals surface area contributed by atoms with Crippen molar-refractivity contribution in [3.8, 4) is 0 Å². The number of guanidine groups is 1. The van der Waals surface area contributed by atoms with Crippen molar-refractivity contribution in [1.29, 1.82) is 0 Å². The molecule has 0 unspecified atom stereocenters. The van der Waals surface area contributed by atoms with Crippen LogP contribution in [-0.4, -0.2) is 51.1 Å². The molecule has 0 spiro atoms. The van der Waals surface area contributed by atoms with Crippen molar-refractivity contribution in [2.45, 2.75) is 33.1 Å². The Kier molecular flexibility index (Phi) is 10.3. The van der Waals surface area contributed by atoms with Gasteiger partial charge in [-0.3, -0.25) is 4.99 Å². The second-order valence-corrected chi connectivity index (χ2v) is 8.46. The molecule has 1 aromatic rings.